The Labute approximate surface area is 184 Å². The molecule has 13 heteroatoms. The van der Waals surface area contributed by atoms with Gasteiger partial charge in [0.05, 0.1) is 27.9 Å². The van der Waals surface area contributed by atoms with Crippen molar-refractivity contribution in [2.24, 2.45) is 0 Å². The molecule has 0 radical (unpaired) electrons. The molecule has 2 aromatic carbocycles. The van der Waals surface area contributed by atoms with Gasteiger partial charge in [0.1, 0.15) is 0 Å². The van der Waals surface area contributed by atoms with Crippen LogP contribution >= 0.6 is 0 Å². The second kappa shape index (κ2) is 8.82. The van der Waals surface area contributed by atoms with Crippen LogP contribution in [0, 0.1) is 20.2 Å². The zero-order chi connectivity index (χ0) is 24.3. The smallest absolute Gasteiger partial charge is 0.308 e. The van der Waals surface area contributed by atoms with E-state index < -0.39 is 62.6 Å². The molecule has 0 saturated carbocycles. The van der Waals surface area contributed by atoms with Gasteiger partial charge in [-0.3, -0.25) is 44.3 Å². The molecule has 170 valence electrons. The molecule has 1 fully saturated rings. The Balaban J connectivity index is 2.18. The number of carbonyl (C=O) groups is 4. The van der Waals surface area contributed by atoms with Crippen LogP contribution < -0.4 is 5.32 Å². The van der Waals surface area contributed by atoms with Gasteiger partial charge in [-0.05, 0) is 5.56 Å². The molecule has 0 aromatic heterocycles. The van der Waals surface area contributed by atoms with Gasteiger partial charge in [0.2, 0.25) is 11.8 Å². The number of hydrogen-bond acceptors (Lipinski definition) is 8. The van der Waals surface area contributed by atoms with Crippen LogP contribution in [0.2, 0.25) is 0 Å². The lowest BCUT2D eigenvalue weighted by molar-refractivity contribution is -0.394. The topological polar surface area (TPSA) is 190 Å². The third-order valence-corrected chi connectivity index (χ3v) is 5.00. The van der Waals surface area contributed by atoms with Crippen LogP contribution in [-0.2, 0) is 20.0 Å². The Morgan fingerprint density at radius 1 is 0.970 bits per heavy atom. The number of non-ortho nitro benzene ring substituents is 2. The van der Waals surface area contributed by atoms with Crippen molar-refractivity contribution in [3.05, 3.63) is 79.9 Å². The van der Waals surface area contributed by atoms with E-state index >= 15 is 0 Å². The van der Waals surface area contributed by atoms with Gasteiger partial charge in [-0.15, -0.1) is 0 Å². The second-order valence-electron chi connectivity index (χ2n) is 7.13. The molecule has 33 heavy (non-hydrogen) atoms. The maximum atomic E-state index is 13.1. The first kappa shape index (κ1) is 23.0. The Hall–Kier alpha value is -4.68. The number of imide groups is 1. The number of nitrogens with one attached hydrogen (secondary N) is 1. The molecule has 1 heterocycles. The predicted molar refractivity (Wildman–Crippen MR) is 109 cm³/mol. The Morgan fingerprint density at radius 3 is 1.94 bits per heavy atom. The fraction of sp³-hybridized carbons (Fsp3) is 0.200. The number of likely N-dealkylation sites (tertiary alicyclic amines) is 1. The summed E-state index contributed by atoms with van der Waals surface area (Å²) in [5.41, 5.74) is -4.10. The van der Waals surface area contributed by atoms with Gasteiger partial charge in [-0.1, -0.05) is 30.3 Å². The van der Waals surface area contributed by atoms with Crippen LogP contribution in [0.5, 0.6) is 0 Å². The summed E-state index contributed by atoms with van der Waals surface area (Å²) in [5, 5.41) is 34.3. The predicted octanol–water partition coefficient (Wildman–Crippen LogP) is 1.71. The summed E-state index contributed by atoms with van der Waals surface area (Å²) < 4.78 is 0. The number of benzene rings is 2. The van der Waals surface area contributed by atoms with Gasteiger partial charge >= 0.3 is 5.97 Å². The highest BCUT2D eigenvalue weighted by atomic mass is 16.6. The van der Waals surface area contributed by atoms with Crippen molar-refractivity contribution in [3.63, 3.8) is 0 Å². The molecule has 3 amide bonds. The number of nitro groups is 2. The lowest BCUT2D eigenvalue weighted by atomic mass is 9.92. The molecule has 0 unspecified atom stereocenters. The molecular formula is C20H16N4O9. The molecule has 1 aliphatic heterocycles. The van der Waals surface area contributed by atoms with Crippen molar-refractivity contribution in [3.8, 4) is 0 Å². The van der Waals surface area contributed by atoms with E-state index in [4.69, 9.17) is 0 Å². The van der Waals surface area contributed by atoms with E-state index in [1.54, 1.807) is 6.07 Å². The molecule has 1 atom stereocenters. The fourth-order valence-corrected chi connectivity index (χ4v) is 3.61. The van der Waals surface area contributed by atoms with E-state index in [1.807, 2.05) is 0 Å². The number of nitrogens with zero attached hydrogens (tertiary/aromatic N) is 3. The molecule has 13 nitrogen and oxygen atoms in total. The van der Waals surface area contributed by atoms with Crippen molar-refractivity contribution in [2.45, 2.75) is 24.9 Å². The van der Waals surface area contributed by atoms with Gasteiger partial charge in [0.15, 0.2) is 5.66 Å². The minimum absolute atomic E-state index is 0.0873. The van der Waals surface area contributed by atoms with Crippen molar-refractivity contribution >= 4 is 35.1 Å². The van der Waals surface area contributed by atoms with Crippen molar-refractivity contribution < 1.29 is 34.1 Å². The minimum Gasteiger partial charge on any atom is -0.481 e. The van der Waals surface area contributed by atoms with E-state index in [0.717, 1.165) is 12.1 Å². The molecule has 0 aliphatic carbocycles. The number of nitro benzene ring substituents is 2. The van der Waals surface area contributed by atoms with E-state index in [-0.39, 0.29) is 18.4 Å². The van der Waals surface area contributed by atoms with Crippen molar-refractivity contribution in [1.82, 2.24) is 10.2 Å². The Bertz CT molecular complexity index is 1130. The Kier molecular flexibility index (Phi) is 6.15. The monoisotopic (exact) mass is 456 g/mol. The van der Waals surface area contributed by atoms with Gasteiger partial charge in [0, 0.05) is 25.0 Å². The summed E-state index contributed by atoms with van der Waals surface area (Å²) in [6.07, 6.45) is -1.33. The fourth-order valence-electron chi connectivity index (χ4n) is 3.61. The highest BCUT2D eigenvalue weighted by Gasteiger charge is 2.50. The molecule has 3 rings (SSSR count). The lowest BCUT2D eigenvalue weighted by Crippen LogP contribution is -2.60. The number of rotatable bonds is 8. The zero-order valence-electron chi connectivity index (χ0n) is 16.8. The third-order valence-electron chi connectivity index (χ3n) is 5.00. The highest BCUT2D eigenvalue weighted by Crippen LogP contribution is 2.35. The SMILES string of the molecule is O=C(O)C[C@@](NC(=O)c1cc([N+](=O)[O-])cc([N+](=O)[O-])c1)(c1ccccc1)N1C(=O)CCC1=O. The van der Waals surface area contributed by atoms with E-state index in [2.05, 4.69) is 5.32 Å². The number of carboxylic acids is 1. The molecule has 1 aliphatic rings. The Morgan fingerprint density at radius 2 is 1.48 bits per heavy atom. The minimum atomic E-state index is -2.17. The average Bonchev–Trinajstić information content (AvgIpc) is 3.11. The third kappa shape index (κ3) is 4.51. The van der Waals surface area contributed by atoms with Crippen LogP contribution in [0.1, 0.15) is 35.2 Å². The second-order valence-corrected chi connectivity index (χ2v) is 7.13. The average molecular weight is 456 g/mol. The summed E-state index contributed by atoms with van der Waals surface area (Å²) in [6, 6.07) is 9.60. The highest BCUT2D eigenvalue weighted by molar-refractivity contribution is 6.04. The molecule has 0 spiro atoms. The summed E-state index contributed by atoms with van der Waals surface area (Å²) >= 11 is 0. The van der Waals surface area contributed by atoms with Gasteiger partial charge in [-0.25, -0.2) is 0 Å². The molecular weight excluding hydrogens is 440 g/mol. The first-order chi connectivity index (χ1) is 15.5. The van der Waals surface area contributed by atoms with Crippen LogP contribution in [0.3, 0.4) is 0 Å². The lowest BCUT2D eigenvalue weighted by Gasteiger charge is -2.40. The number of aliphatic carboxylic acids is 1. The van der Waals surface area contributed by atoms with Crippen LogP contribution in [0.15, 0.2) is 48.5 Å². The van der Waals surface area contributed by atoms with E-state index in [1.165, 1.54) is 24.3 Å². The maximum absolute atomic E-state index is 13.1. The summed E-state index contributed by atoms with van der Waals surface area (Å²) in [6.45, 7) is 0. The zero-order valence-corrected chi connectivity index (χ0v) is 16.8. The van der Waals surface area contributed by atoms with Gasteiger partial charge in [0.25, 0.3) is 17.3 Å². The van der Waals surface area contributed by atoms with Crippen molar-refractivity contribution in [1.29, 1.82) is 0 Å². The number of carboxylic acid groups (broad SMARTS) is 1. The van der Waals surface area contributed by atoms with Gasteiger partial charge < -0.3 is 10.4 Å². The van der Waals surface area contributed by atoms with Crippen LogP contribution in [0.4, 0.5) is 11.4 Å². The first-order valence-corrected chi connectivity index (χ1v) is 9.45. The van der Waals surface area contributed by atoms with Gasteiger partial charge in [-0.2, -0.15) is 0 Å². The van der Waals surface area contributed by atoms with Crippen LogP contribution in [0.25, 0.3) is 0 Å². The first-order valence-electron chi connectivity index (χ1n) is 9.45. The quantitative estimate of drug-likeness (QED) is 0.338. The normalized spacial score (nSPS) is 15.1. The summed E-state index contributed by atoms with van der Waals surface area (Å²) in [5.74, 6) is -4.07. The summed E-state index contributed by atoms with van der Waals surface area (Å²) in [4.78, 5) is 71.2. The standard InChI is InChI=1S/C20H16N4O9/c25-16-6-7-17(26)22(16)20(11-18(27)28,13-4-2-1-3-5-13)21-19(29)12-8-14(23(30)31)10-15(9-12)24(32)33/h1-5,8-10H,6-7,11H2,(H,21,29)(H,27,28)/t20-/m0/s1. The number of amides is 3. The molecule has 2 N–H and O–H groups in total. The summed E-state index contributed by atoms with van der Waals surface area (Å²) in [7, 11) is 0. The molecule has 2 aromatic rings. The largest absolute Gasteiger partial charge is 0.481 e. The molecule has 1 saturated heterocycles. The number of hydrogen-bond donors (Lipinski definition) is 2. The van der Waals surface area contributed by atoms with Crippen molar-refractivity contribution in [2.75, 3.05) is 0 Å². The van der Waals surface area contributed by atoms with Crippen LogP contribution in [-0.4, -0.2) is 43.5 Å². The maximum Gasteiger partial charge on any atom is 0.308 e. The number of carbonyl (C=O) groups excluding carboxylic acids is 3. The van der Waals surface area contributed by atoms with E-state index in [9.17, 15) is 44.5 Å². The van der Waals surface area contributed by atoms with E-state index in [0.29, 0.717) is 11.0 Å². The molecule has 0 bridgehead atoms.